The largest absolute Gasteiger partial charge is 0.469 e. The highest BCUT2D eigenvalue weighted by atomic mass is 16.5. The fraction of sp³-hybridized carbons (Fsp3) is 0.667. The van der Waals surface area contributed by atoms with Gasteiger partial charge in [-0.2, -0.15) is 0 Å². The Morgan fingerprint density at radius 3 is 2.71 bits per heavy atom. The number of hydrogen-bond donors (Lipinski definition) is 0. The second-order valence-electron chi connectivity index (χ2n) is 6.61. The molecule has 0 radical (unpaired) electrons. The normalized spacial score (nSPS) is 20.5. The second-order valence-corrected chi connectivity index (χ2v) is 6.61. The lowest BCUT2D eigenvalue weighted by molar-refractivity contribution is -0.130. The number of hydrogen-bond acceptors (Lipinski definition) is 4. The van der Waals surface area contributed by atoms with Gasteiger partial charge in [0, 0.05) is 39.2 Å². The molecule has 3 heterocycles. The molecule has 0 unspecified atom stereocenters. The van der Waals surface area contributed by atoms with Gasteiger partial charge in [-0.05, 0) is 38.7 Å². The number of ether oxygens (including phenoxy) is 1. The fourth-order valence-corrected chi connectivity index (χ4v) is 3.44. The summed E-state index contributed by atoms with van der Waals surface area (Å²) in [5.41, 5.74) is 0.571. The van der Waals surface area contributed by atoms with E-state index in [0.717, 1.165) is 45.4 Å². The monoisotopic (exact) mass is 334 g/mol. The summed E-state index contributed by atoms with van der Waals surface area (Å²) < 4.78 is 10.9. The minimum absolute atomic E-state index is 0.0723. The number of amides is 2. The van der Waals surface area contributed by atoms with Crippen LogP contribution in [0, 0.1) is 6.92 Å². The van der Waals surface area contributed by atoms with Crippen LogP contribution in [0.25, 0.3) is 0 Å². The van der Waals surface area contributed by atoms with Crippen LogP contribution in [0.1, 0.15) is 48.2 Å². The second kappa shape index (κ2) is 7.83. The first-order valence-electron chi connectivity index (χ1n) is 8.88. The average Bonchev–Trinajstić information content (AvgIpc) is 3.32. The molecule has 1 atom stereocenters. The van der Waals surface area contributed by atoms with Crippen molar-refractivity contribution in [2.45, 2.75) is 45.1 Å². The molecule has 2 fully saturated rings. The zero-order valence-corrected chi connectivity index (χ0v) is 14.3. The van der Waals surface area contributed by atoms with Crippen molar-refractivity contribution in [1.82, 2.24) is 9.80 Å². The number of nitrogens with zero attached hydrogens (tertiary/aromatic N) is 2. The van der Waals surface area contributed by atoms with Crippen LogP contribution in [0.4, 0.5) is 0 Å². The molecule has 1 aromatic heterocycles. The van der Waals surface area contributed by atoms with Gasteiger partial charge in [-0.15, -0.1) is 0 Å². The first kappa shape index (κ1) is 17.0. The van der Waals surface area contributed by atoms with Gasteiger partial charge in [0.1, 0.15) is 5.76 Å². The van der Waals surface area contributed by atoms with Crippen LogP contribution in [-0.2, 0) is 9.53 Å². The Balaban J connectivity index is 1.63. The molecule has 132 valence electrons. The summed E-state index contributed by atoms with van der Waals surface area (Å²) in [5.74, 6) is 0.677. The van der Waals surface area contributed by atoms with Crippen molar-refractivity contribution < 1.29 is 18.7 Å². The van der Waals surface area contributed by atoms with Gasteiger partial charge in [0.05, 0.1) is 17.9 Å². The molecule has 1 aromatic rings. The highest BCUT2D eigenvalue weighted by molar-refractivity contribution is 5.95. The Bertz CT molecular complexity index is 571. The summed E-state index contributed by atoms with van der Waals surface area (Å²) in [7, 11) is 0. The van der Waals surface area contributed by atoms with Gasteiger partial charge in [-0.1, -0.05) is 0 Å². The van der Waals surface area contributed by atoms with Gasteiger partial charge < -0.3 is 19.0 Å². The predicted octanol–water partition coefficient (Wildman–Crippen LogP) is 2.22. The number of likely N-dealkylation sites (tertiary alicyclic amines) is 1. The van der Waals surface area contributed by atoms with Crippen LogP contribution in [0.5, 0.6) is 0 Å². The first-order chi connectivity index (χ1) is 11.6. The molecule has 24 heavy (non-hydrogen) atoms. The van der Waals surface area contributed by atoms with E-state index >= 15 is 0 Å². The third-order valence-electron chi connectivity index (χ3n) is 4.88. The quantitative estimate of drug-likeness (QED) is 0.800. The van der Waals surface area contributed by atoms with Crippen molar-refractivity contribution in [3.63, 3.8) is 0 Å². The van der Waals surface area contributed by atoms with Crippen molar-refractivity contribution in [3.05, 3.63) is 23.7 Å². The zero-order valence-electron chi connectivity index (χ0n) is 14.3. The summed E-state index contributed by atoms with van der Waals surface area (Å²) in [6.45, 7) is 5.20. The van der Waals surface area contributed by atoms with Gasteiger partial charge in [0.2, 0.25) is 5.91 Å². The molecule has 2 amide bonds. The van der Waals surface area contributed by atoms with Gasteiger partial charge in [-0.25, -0.2) is 0 Å². The van der Waals surface area contributed by atoms with E-state index < -0.39 is 0 Å². The molecular weight excluding hydrogens is 308 g/mol. The number of carbonyl (C=O) groups excluding carboxylic acids is 2. The molecule has 2 aliphatic rings. The van der Waals surface area contributed by atoms with Crippen molar-refractivity contribution >= 4 is 11.8 Å². The van der Waals surface area contributed by atoms with E-state index in [1.165, 1.54) is 6.26 Å². The fourth-order valence-electron chi connectivity index (χ4n) is 3.44. The van der Waals surface area contributed by atoms with Crippen molar-refractivity contribution in [3.8, 4) is 0 Å². The Morgan fingerprint density at radius 2 is 2.08 bits per heavy atom. The number of rotatable bonds is 6. The van der Waals surface area contributed by atoms with E-state index in [-0.39, 0.29) is 17.9 Å². The summed E-state index contributed by atoms with van der Waals surface area (Å²) in [4.78, 5) is 28.8. The minimum Gasteiger partial charge on any atom is -0.469 e. The van der Waals surface area contributed by atoms with Crippen LogP contribution >= 0.6 is 0 Å². The SMILES string of the molecule is Cc1occc1C(=O)N(CCC(=O)N1CCCC1)C[C@@H]1CCCO1. The Kier molecular flexibility index (Phi) is 5.56. The molecule has 2 saturated heterocycles. The summed E-state index contributed by atoms with van der Waals surface area (Å²) >= 11 is 0. The number of carbonyl (C=O) groups is 2. The smallest absolute Gasteiger partial charge is 0.257 e. The maximum Gasteiger partial charge on any atom is 0.257 e. The van der Waals surface area contributed by atoms with Crippen molar-refractivity contribution in [2.75, 3.05) is 32.8 Å². The Labute approximate surface area is 142 Å². The number of aryl methyl sites for hydroxylation is 1. The van der Waals surface area contributed by atoms with Crippen molar-refractivity contribution in [1.29, 1.82) is 0 Å². The topological polar surface area (TPSA) is 63.0 Å². The standard InChI is InChI=1S/C18H26N2O4/c1-14-16(7-12-23-14)18(22)20(13-15-5-4-11-24-15)10-6-17(21)19-8-2-3-9-19/h7,12,15H,2-6,8-11,13H2,1H3/t15-/m0/s1. The number of furan rings is 1. The lowest BCUT2D eigenvalue weighted by atomic mass is 10.1. The summed E-state index contributed by atoms with van der Waals surface area (Å²) in [6, 6.07) is 1.70. The van der Waals surface area contributed by atoms with Crippen LogP contribution < -0.4 is 0 Å². The average molecular weight is 334 g/mol. The minimum atomic E-state index is -0.0778. The summed E-state index contributed by atoms with van der Waals surface area (Å²) in [6.07, 6.45) is 6.13. The molecule has 6 heteroatoms. The van der Waals surface area contributed by atoms with E-state index in [9.17, 15) is 9.59 Å². The molecule has 0 N–H and O–H groups in total. The molecule has 6 nitrogen and oxygen atoms in total. The Hall–Kier alpha value is -1.82. The van der Waals surface area contributed by atoms with Gasteiger partial charge >= 0.3 is 0 Å². The van der Waals surface area contributed by atoms with Crippen LogP contribution in [0.15, 0.2) is 16.7 Å². The van der Waals surface area contributed by atoms with Gasteiger partial charge in [0.15, 0.2) is 0 Å². The van der Waals surface area contributed by atoms with E-state index in [2.05, 4.69) is 0 Å². The molecule has 0 bridgehead atoms. The first-order valence-corrected chi connectivity index (χ1v) is 8.88. The summed E-state index contributed by atoms with van der Waals surface area (Å²) in [5, 5.41) is 0. The maximum atomic E-state index is 12.8. The van der Waals surface area contributed by atoms with E-state index in [1.807, 2.05) is 4.90 Å². The lowest BCUT2D eigenvalue weighted by Crippen LogP contribution is -2.40. The third-order valence-corrected chi connectivity index (χ3v) is 4.88. The predicted molar refractivity (Wildman–Crippen MR) is 88.8 cm³/mol. The maximum absolute atomic E-state index is 12.8. The van der Waals surface area contributed by atoms with Gasteiger partial charge in [-0.3, -0.25) is 9.59 Å². The molecule has 2 aliphatic heterocycles. The van der Waals surface area contributed by atoms with E-state index in [0.29, 0.717) is 30.8 Å². The highest BCUT2D eigenvalue weighted by Crippen LogP contribution is 2.18. The van der Waals surface area contributed by atoms with Crippen LogP contribution in [0.2, 0.25) is 0 Å². The lowest BCUT2D eigenvalue weighted by Gasteiger charge is -2.26. The Morgan fingerprint density at radius 1 is 1.29 bits per heavy atom. The van der Waals surface area contributed by atoms with E-state index in [4.69, 9.17) is 9.15 Å². The van der Waals surface area contributed by atoms with Gasteiger partial charge in [0.25, 0.3) is 5.91 Å². The third kappa shape index (κ3) is 3.98. The van der Waals surface area contributed by atoms with E-state index in [1.54, 1.807) is 17.9 Å². The van der Waals surface area contributed by atoms with Crippen LogP contribution in [0.3, 0.4) is 0 Å². The van der Waals surface area contributed by atoms with Crippen molar-refractivity contribution in [2.24, 2.45) is 0 Å². The highest BCUT2D eigenvalue weighted by Gasteiger charge is 2.26. The molecule has 0 saturated carbocycles. The molecule has 0 spiro atoms. The zero-order chi connectivity index (χ0) is 16.9. The molecule has 3 rings (SSSR count). The molecule has 0 aromatic carbocycles. The molecular formula is C18H26N2O4. The molecule has 0 aliphatic carbocycles. The van der Waals surface area contributed by atoms with Crippen LogP contribution in [-0.4, -0.2) is 60.5 Å².